The van der Waals surface area contributed by atoms with Crippen molar-refractivity contribution < 1.29 is 9.90 Å². The zero-order chi connectivity index (χ0) is 12.0. The number of anilines is 1. The highest BCUT2D eigenvalue weighted by Crippen LogP contribution is 2.15. The molecule has 0 spiro atoms. The average molecular weight is 222 g/mol. The van der Waals surface area contributed by atoms with Crippen molar-refractivity contribution in [1.29, 1.82) is 0 Å². The van der Waals surface area contributed by atoms with Gasteiger partial charge in [0.15, 0.2) is 0 Å². The molecular formula is C12H18N2O2. The van der Waals surface area contributed by atoms with Gasteiger partial charge < -0.3 is 15.7 Å². The molecule has 0 aromatic heterocycles. The van der Waals surface area contributed by atoms with E-state index in [1.165, 1.54) is 5.56 Å². The number of aryl methyl sites for hydroxylation is 2. The first-order chi connectivity index (χ1) is 7.63. The third-order valence-electron chi connectivity index (χ3n) is 2.25. The molecule has 0 bridgehead atoms. The van der Waals surface area contributed by atoms with Gasteiger partial charge in [-0.05, 0) is 31.9 Å². The van der Waals surface area contributed by atoms with Crippen LogP contribution < -0.4 is 10.6 Å². The van der Waals surface area contributed by atoms with E-state index in [1.807, 2.05) is 32.0 Å². The Balaban J connectivity index is 2.49. The maximum absolute atomic E-state index is 11.4. The summed E-state index contributed by atoms with van der Waals surface area (Å²) in [5.74, 6) is 0. The van der Waals surface area contributed by atoms with Crippen LogP contribution in [0.15, 0.2) is 18.2 Å². The van der Waals surface area contributed by atoms with Crippen molar-refractivity contribution in [3.63, 3.8) is 0 Å². The molecule has 1 aromatic carbocycles. The summed E-state index contributed by atoms with van der Waals surface area (Å²) in [6.45, 7) is 4.53. The van der Waals surface area contributed by atoms with Crippen molar-refractivity contribution in [2.24, 2.45) is 0 Å². The molecule has 2 amide bonds. The minimum absolute atomic E-state index is 0.0871. The lowest BCUT2D eigenvalue weighted by molar-refractivity contribution is 0.249. The minimum atomic E-state index is -0.236. The third kappa shape index (κ3) is 3.90. The van der Waals surface area contributed by atoms with Crippen LogP contribution in [0.4, 0.5) is 10.5 Å². The molecule has 1 aromatic rings. The molecule has 3 N–H and O–H groups in total. The number of carbonyl (C=O) groups excluding carboxylic acids is 1. The van der Waals surface area contributed by atoms with Gasteiger partial charge in [0.1, 0.15) is 0 Å². The summed E-state index contributed by atoms with van der Waals surface area (Å²) < 4.78 is 0. The van der Waals surface area contributed by atoms with Crippen molar-refractivity contribution in [1.82, 2.24) is 5.32 Å². The topological polar surface area (TPSA) is 61.4 Å². The van der Waals surface area contributed by atoms with Crippen LogP contribution in [0.5, 0.6) is 0 Å². The second-order valence-corrected chi connectivity index (χ2v) is 3.78. The van der Waals surface area contributed by atoms with Crippen LogP contribution in [-0.2, 0) is 0 Å². The van der Waals surface area contributed by atoms with Crippen molar-refractivity contribution >= 4 is 11.7 Å². The summed E-state index contributed by atoms with van der Waals surface area (Å²) in [6.07, 6.45) is 0.570. The molecule has 0 heterocycles. The Bertz CT molecular complexity index is 364. The lowest BCUT2D eigenvalue weighted by Gasteiger charge is -2.09. The molecule has 0 aliphatic carbocycles. The van der Waals surface area contributed by atoms with Gasteiger partial charge in [-0.25, -0.2) is 4.79 Å². The van der Waals surface area contributed by atoms with Gasteiger partial charge in [-0.15, -0.1) is 0 Å². The normalized spacial score (nSPS) is 9.94. The summed E-state index contributed by atoms with van der Waals surface area (Å²) in [5.41, 5.74) is 3.02. The number of nitrogens with one attached hydrogen (secondary N) is 2. The van der Waals surface area contributed by atoms with Crippen molar-refractivity contribution in [3.05, 3.63) is 29.3 Å². The van der Waals surface area contributed by atoms with Gasteiger partial charge >= 0.3 is 6.03 Å². The number of rotatable bonds is 4. The van der Waals surface area contributed by atoms with Gasteiger partial charge in [0, 0.05) is 18.8 Å². The zero-order valence-corrected chi connectivity index (χ0v) is 9.71. The SMILES string of the molecule is Cc1ccc(NC(=O)NCCCO)c(C)c1. The first-order valence-corrected chi connectivity index (χ1v) is 5.36. The molecule has 4 nitrogen and oxygen atoms in total. The molecule has 0 saturated heterocycles. The summed E-state index contributed by atoms with van der Waals surface area (Å²) in [4.78, 5) is 11.4. The van der Waals surface area contributed by atoms with E-state index in [0.29, 0.717) is 13.0 Å². The maximum Gasteiger partial charge on any atom is 0.319 e. The predicted molar refractivity (Wildman–Crippen MR) is 64.6 cm³/mol. The van der Waals surface area contributed by atoms with Crippen LogP contribution in [0.25, 0.3) is 0 Å². The van der Waals surface area contributed by atoms with Gasteiger partial charge in [-0.2, -0.15) is 0 Å². The Kier molecular flexibility index (Phi) is 4.79. The third-order valence-corrected chi connectivity index (χ3v) is 2.25. The number of aliphatic hydroxyl groups excluding tert-OH is 1. The molecule has 0 radical (unpaired) electrons. The Labute approximate surface area is 95.7 Å². The van der Waals surface area contributed by atoms with E-state index in [9.17, 15) is 4.79 Å². The number of carbonyl (C=O) groups is 1. The van der Waals surface area contributed by atoms with Gasteiger partial charge in [-0.3, -0.25) is 0 Å². The van der Waals surface area contributed by atoms with E-state index in [4.69, 9.17) is 5.11 Å². The van der Waals surface area contributed by atoms with E-state index in [1.54, 1.807) is 0 Å². The highest BCUT2D eigenvalue weighted by molar-refractivity contribution is 5.90. The van der Waals surface area contributed by atoms with Gasteiger partial charge in [-0.1, -0.05) is 17.7 Å². The fourth-order valence-electron chi connectivity index (χ4n) is 1.40. The van der Waals surface area contributed by atoms with Crippen LogP contribution in [0.3, 0.4) is 0 Å². The van der Waals surface area contributed by atoms with Crippen LogP contribution in [0.1, 0.15) is 17.5 Å². The number of urea groups is 1. The largest absolute Gasteiger partial charge is 0.396 e. The van der Waals surface area contributed by atoms with Crippen LogP contribution in [0, 0.1) is 13.8 Å². The monoisotopic (exact) mass is 222 g/mol. The van der Waals surface area contributed by atoms with Crippen molar-refractivity contribution in [2.45, 2.75) is 20.3 Å². The summed E-state index contributed by atoms with van der Waals surface area (Å²) >= 11 is 0. The highest BCUT2D eigenvalue weighted by atomic mass is 16.3. The Morgan fingerprint density at radius 3 is 2.75 bits per heavy atom. The fraction of sp³-hybridized carbons (Fsp3) is 0.417. The van der Waals surface area contributed by atoms with E-state index in [-0.39, 0.29) is 12.6 Å². The second kappa shape index (κ2) is 6.12. The molecule has 0 unspecified atom stereocenters. The first kappa shape index (κ1) is 12.5. The first-order valence-electron chi connectivity index (χ1n) is 5.36. The Morgan fingerprint density at radius 1 is 1.38 bits per heavy atom. The van der Waals surface area contributed by atoms with Crippen LogP contribution >= 0.6 is 0 Å². The molecule has 0 saturated carbocycles. The van der Waals surface area contributed by atoms with Gasteiger partial charge in [0.05, 0.1) is 0 Å². The molecule has 1 rings (SSSR count). The quantitative estimate of drug-likeness (QED) is 0.680. The van der Waals surface area contributed by atoms with E-state index in [0.717, 1.165) is 11.3 Å². The zero-order valence-electron chi connectivity index (χ0n) is 9.71. The molecule has 0 aliphatic heterocycles. The van der Waals surface area contributed by atoms with Crippen LogP contribution in [-0.4, -0.2) is 24.3 Å². The summed E-state index contributed by atoms with van der Waals surface area (Å²) in [7, 11) is 0. The second-order valence-electron chi connectivity index (χ2n) is 3.78. The molecular weight excluding hydrogens is 204 g/mol. The van der Waals surface area contributed by atoms with Crippen molar-refractivity contribution in [3.8, 4) is 0 Å². The predicted octanol–water partition coefficient (Wildman–Crippen LogP) is 1.81. The van der Waals surface area contributed by atoms with Gasteiger partial charge in [0.25, 0.3) is 0 Å². The lowest BCUT2D eigenvalue weighted by atomic mass is 10.1. The smallest absolute Gasteiger partial charge is 0.319 e. The minimum Gasteiger partial charge on any atom is -0.396 e. The molecule has 88 valence electrons. The molecule has 0 fully saturated rings. The molecule has 4 heteroatoms. The Morgan fingerprint density at radius 2 is 2.12 bits per heavy atom. The average Bonchev–Trinajstić information content (AvgIpc) is 2.23. The molecule has 0 atom stereocenters. The number of hydrogen-bond donors (Lipinski definition) is 3. The number of hydrogen-bond acceptors (Lipinski definition) is 2. The van der Waals surface area contributed by atoms with Crippen LogP contribution in [0.2, 0.25) is 0 Å². The highest BCUT2D eigenvalue weighted by Gasteiger charge is 2.03. The number of amides is 2. The number of aliphatic hydroxyl groups is 1. The summed E-state index contributed by atoms with van der Waals surface area (Å²) in [5, 5.41) is 14.0. The molecule has 16 heavy (non-hydrogen) atoms. The fourth-order valence-corrected chi connectivity index (χ4v) is 1.40. The standard InChI is InChI=1S/C12H18N2O2/c1-9-4-5-11(10(2)8-9)14-12(16)13-6-3-7-15/h4-5,8,15H,3,6-7H2,1-2H3,(H2,13,14,16). The van der Waals surface area contributed by atoms with E-state index in [2.05, 4.69) is 10.6 Å². The van der Waals surface area contributed by atoms with Crippen molar-refractivity contribution in [2.75, 3.05) is 18.5 Å². The van der Waals surface area contributed by atoms with Gasteiger partial charge in [0.2, 0.25) is 0 Å². The summed E-state index contributed by atoms with van der Waals surface area (Å²) in [6, 6.07) is 5.62. The van der Waals surface area contributed by atoms with E-state index >= 15 is 0 Å². The molecule has 0 aliphatic rings. The van der Waals surface area contributed by atoms with E-state index < -0.39 is 0 Å². The maximum atomic E-state index is 11.4. The Hall–Kier alpha value is -1.55. The lowest BCUT2D eigenvalue weighted by Crippen LogP contribution is -2.30. The number of benzene rings is 1.